The first-order valence-corrected chi connectivity index (χ1v) is 9.98. The molecule has 5 rings (SSSR count). The summed E-state index contributed by atoms with van der Waals surface area (Å²) < 4.78 is 19.4. The van der Waals surface area contributed by atoms with E-state index in [1.54, 1.807) is 12.1 Å². The predicted molar refractivity (Wildman–Crippen MR) is 113 cm³/mol. The van der Waals surface area contributed by atoms with Gasteiger partial charge in [0.05, 0.1) is 5.52 Å². The highest BCUT2D eigenvalue weighted by Crippen LogP contribution is 2.40. The third-order valence-electron chi connectivity index (χ3n) is 5.19. The fourth-order valence-electron chi connectivity index (χ4n) is 3.55. The standard InChI is InChI=1S/C22H17FN2O2S/c1-12-2-4-13(5-3-12)6-7-14-10-18-16(11-17(14)23)20(26)19-21(27)24-28-22(19)25(18)15-8-9-15/h2-7,10-11,15H,8-9H2,1H3,(H,24,27)/b7-6+. The van der Waals surface area contributed by atoms with Crippen molar-refractivity contribution in [1.82, 2.24) is 8.94 Å². The van der Waals surface area contributed by atoms with E-state index in [0.717, 1.165) is 24.0 Å². The lowest BCUT2D eigenvalue weighted by Crippen LogP contribution is -2.15. The average Bonchev–Trinajstić information content (AvgIpc) is 3.44. The maximum atomic E-state index is 14.8. The number of benzene rings is 2. The van der Waals surface area contributed by atoms with Crippen molar-refractivity contribution in [3.63, 3.8) is 0 Å². The molecular formula is C22H17FN2O2S. The van der Waals surface area contributed by atoms with Crippen molar-refractivity contribution in [3.8, 4) is 0 Å². The van der Waals surface area contributed by atoms with Gasteiger partial charge in [-0.15, -0.1) is 0 Å². The van der Waals surface area contributed by atoms with E-state index in [1.165, 1.54) is 17.6 Å². The van der Waals surface area contributed by atoms with Gasteiger partial charge in [0, 0.05) is 17.0 Å². The summed E-state index contributed by atoms with van der Waals surface area (Å²) in [7, 11) is 0. The molecule has 2 aromatic carbocycles. The summed E-state index contributed by atoms with van der Waals surface area (Å²) in [6.07, 6.45) is 5.57. The molecule has 0 radical (unpaired) electrons. The monoisotopic (exact) mass is 392 g/mol. The van der Waals surface area contributed by atoms with Crippen molar-refractivity contribution < 1.29 is 4.39 Å². The van der Waals surface area contributed by atoms with Crippen LogP contribution >= 0.6 is 11.5 Å². The van der Waals surface area contributed by atoms with Crippen molar-refractivity contribution in [3.05, 3.63) is 79.5 Å². The summed E-state index contributed by atoms with van der Waals surface area (Å²) in [4.78, 5) is 25.6. The van der Waals surface area contributed by atoms with Gasteiger partial charge in [-0.1, -0.05) is 42.0 Å². The van der Waals surface area contributed by atoms with Crippen molar-refractivity contribution in [2.24, 2.45) is 0 Å². The second kappa shape index (κ2) is 6.27. The lowest BCUT2D eigenvalue weighted by Gasteiger charge is -2.12. The molecule has 2 aromatic heterocycles. The lowest BCUT2D eigenvalue weighted by atomic mass is 10.1. The van der Waals surface area contributed by atoms with Crippen molar-refractivity contribution in [2.75, 3.05) is 0 Å². The van der Waals surface area contributed by atoms with Gasteiger partial charge in [0.1, 0.15) is 16.0 Å². The van der Waals surface area contributed by atoms with Crippen LogP contribution in [-0.4, -0.2) is 8.94 Å². The first kappa shape index (κ1) is 17.1. The maximum Gasteiger partial charge on any atom is 0.271 e. The summed E-state index contributed by atoms with van der Waals surface area (Å²) in [6, 6.07) is 11.2. The van der Waals surface area contributed by atoms with Gasteiger partial charge in [-0.25, -0.2) is 4.39 Å². The Morgan fingerprint density at radius 3 is 2.61 bits per heavy atom. The van der Waals surface area contributed by atoms with Gasteiger partial charge in [-0.3, -0.25) is 14.0 Å². The number of halogens is 1. The molecule has 0 spiro atoms. The van der Waals surface area contributed by atoms with Gasteiger partial charge in [-0.2, -0.15) is 0 Å². The fourth-order valence-corrected chi connectivity index (χ4v) is 4.48. The zero-order valence-electron chi connectivity index (χ0n) is 15.2. The summed E-state index contributed by atoms with van der Waals surface area (Å²) in [5.74, 6) is -0.471. The summed E-state index contributed by atoms with van der Waals surface area (Å²) in [5.41, 5.74) is 2.44. The van der Waals surface area contributed by atoms with Gasteiger partial charge in [0.25, 0.3) is 5.56 Å². The van der Waals surface area contributed by atoms with E-state index in [1.807, 2.05) is 41.8 Å². The van der Waals surface area contributed by atoms with Crippen LogP contribution in [0, 0.1) is 12.7 Å². The summed E-state index contributed by atoms with van der Waals surface area (Å²) >= 11 is 1.17. The smallest absolute Gasteiger partial charge is 0.271 e. The second-order valence-corrected chi connectivity index (χ2v) is 8.07. The number of pyridine rings is 1. The van der Waals surface area contributed by atoms with Crippen LogP contribution in [0.5, 0.6) is 0 Å². The molecule has 1 aliphatic carbocycles. The van der Waals surface area contributed by atoms with Gasteiger partial charge in [0.15, 0.2) is 0 Å². The number of H-pyrrole nitrogens is 1. The van der Waals surface area contributed by atoms with E-state index in [9.17, 15) is 14.0 Å². The molecule has 1 aliphatic rings. The minimum absolute atomic E-state index is 0.131. The van der Waals surface area contributed by atoms with Crippen LogP contribution in [0.4, 0.5) is 4.39 Å². The van der Waals surface area contributed by atoms with Gasteiger partial charge >= 0.3 is 0 Å². The van der Waals surface area contributed by atoms with E-state index in [-0.39, 0.29) is 16.8 Å². The first-order chi connectivity index (χ1) is 13.5. The number of fused-ring (bicyclic) bond motifs is 2. The molecule has 2 heterocycles. The fraction of sp³-hybridized carbons (Fsp3) is 0.182. The highest BCUT2D eigenvalue weighted by atomic mass is 32.1. The Hall–Kier alpha value is -2.99. The topological polar surface area (TPSA) is 54.9 Å². The van der Waals surface area contributed by atoms with Crippen LogP contribution in [-0.2, 0) is 0 Å². The highest BCUT2D eigenvalue weighted by molar-refractivity contribution is 7.12. The number of rotatable bonds is 3. The minimum Gasteiger partial charge on any atom is -0.328 e. The average molecular weight is 392 g/mol. The van der Waals surface area contributed by atoms with Crippen LogP contribution in [0.2, 0.25) is 0 Å². The highest BCUT2D eigenvalue weighted by Gasteiger charge is 2.29. The number of aryl methyl sites for hydroxylation is 1. The Balaban J connectivity index is 1.74. The molecule has 0 saturated heterocycles. The minimum atomic E-state index is -0.471. The largest absolute Gasteiger partial charge is 0.328 e. The van der Waals surface area contributed by atoms with Crippen LogP contribution in [0.25, 0.3) is 33.3 Å². The quantitative estimate of drug-likeness (QED) is 0.507. The van der Waals surface area contributed by atoms with E-state index >= 15 is 0 Å². The van der Waals surface area contributed by atoms with E-state index in [4.69, 9.17) is 0 Å². The van der Waals surface area contributed by atoms with Crippen LogP contribution in [0.3, 0.4) is 0 Å². The number of hydrogen-bond acceptors (Lipinski definition) is 3. The molecule has 0 bridgehead atoms. The van der Waals surface area contributed by atoms with Crippen LogP contribution in [0.1, 0.15) is 35.6 Å². The van der Waals surface area contributed by atoms with E-state index in [0.29, 0.717) is 15.9 Å². The van der Waals surface area contributed by atoms with Crippen molar-refractivity contribution >= 4 is 44.8 Å². The third kappa shape index (κ3) is 2.72. The number of hydrogen-bond donors (Lipinski definition) is 1. The van der Waals surface area contributed by atoms with Gasteiger partial charge in [0.2, 0.25) is 5.43 Å². The molecule has 1 fully saturated rings. The number of aromatic amines is 1. The summed E-state index contributed by atoms with van der Waals surface area (Å²) in [6.45, 7) is 2.02. The molecule has 28 heavy (non-hydrogen) atoms. The first-order valence-electron chi connectivity index (χ1n) is 9.16. The van der Waals surface area contributed by atoms with Crippen LogP contribution in [0.15, 0.2) is 46.0 Å². The molecule has 4 aromatic rings. The zero-order valence-corrected chi connectivity index (χ0v) is 16.0. The van der Waals surface area contributed by atoms with E-state index < -0.39 is 16.8 Å². The molecule has 1 N–H and O–H groups in total. The number of nitrogens with zero attached hydrogens (tertiary/aromatic N) is 1. The molecule has 0 unspecified atom stereocenters. The Bertz CT molecular complexity index is 1370. The maximum absolute atomic E-state index is 14.8. The Morgan fingerprint density at radius 2 is 1.89 bits per heavy atom. The zero-order chi connectivity index (χ0) is 19.4. The Morgan fingerprint density at radius 1 is 1.14 bits per heavy atom. The van der Waals surface area contributed by atoms with Gasteiger partial charge < -0.3 is 4.57 Å². The van der Waals surface area contributed by atoms with Gasteiger partial charge in [-0.05, 0) is 49.0 Å². The molecule has 140 valence electrons. The second-order valence-electron chi connectivity index (χ2n) is 7.28. The molecule has 0 aliphatic heterocycles. The number of aromatic nitrogens is 2. The molecule has 1 saturated carbocycles. The molecule has 4 nitrogen and oxygen atoms in total. The van der Waals surface area contributed by atoms with E-state index in [2.05, 4.69) is 4.37 Å². The lowest BCUT2D eigenvalue weighted by molar-refractivity contribution is 0.626. The Labute approximate surface area is 163 Å². The van der Waals surface area contributed by atoms with Crippen molar-refractivity contribution in [2.45, 2.75) is 25.8 Å². The molecule has 6 heteroatoms. The molecule has 0 atom stereocenters. The molecule has 0 amide bonds. The SMILES string of the molecule is Cc1ccc(/C=C/c2cc3c(cc2F)c(=O)c2c(=O)[nH]sc2n3C2CC2)cc1. The van der Waals surface area contributed by atoms with Crippen LogP contribution < -0.4 is 11.0 Å². The number of nitrogens with one attached hydrogen (secondary N) is 1. The predicted octanol–water partition coefficient (Wildman–Crippen LogP) is 4.86. The normalized spacial score (nSPS) is 14.5. The third-order valence-corrected chi connectivity index (χ3v) is 6.07. The molecular weight excluding hydrogens is 375 g/mol. The Kier molecular flexibility index (Phi) is 3.84. The summed E-state index contributed by atoms with van der Waals surface area (Å²) in [5, 5.41) is 0.389. The van der Waals surface area contributed by atoms with Crippen molar-refractivity contribution in [1.29, 1.82) is 0 Å².